The second kappa shape index (κ2) is 7.83. The van der Waals surface area contributed by atoms with Gasteiger partial charge in [0.1, 0.15) is 5.75 Å². The van der Waals surface area contributed by atoms with Gasteiger partial charge < -0.3 is 14.8 Å². The maximum atomic E-state index is 12.5. The van der Waals surface area contributed by atoms with Crippen molar-refractivity contribution in [3.63, 3.8) is 0 Å². The number of carbonyl (C=O) groups is 2. The fourth-order valence-corrected chi connectivity index (χ4v) is 2.97. The summed E-state index contributed by atoms with van der Waals surface area (Å²) in [7, 11) is 1.35. The highest BCUT2D eigenvalue weighted by molar-refractivity contribution is 5.80. The van der Waals surface area contributed by atoms with Gasteiger partial charge in [-0.3, -0.25) is 9.59 Å². The zero-order chi connectivity index (χ0) is 17.6. The summed E-state index contributed by atoms with van der Waals surface area (Å²) >= 11 is 0. The van der Waals surface area contributed by atoms with E-state index in [0.29, 0.717) is 6.61 Å². The third-order valence-electron chi connectivity index (χ3n) is 4.25. The zero-order valence-electron chi connectivity index (χ0n) is 14.2. The van der Waals surface area contributed by atoms with Crippen molar-refractivity contribution < 1.29 is 19.1 Å². The highest BCUT2D eigenvalue weighted by atomic mass is 16.5. The summed E-state index contributed by atoms with van der Waals surface area (Å²) in [4.78, 5) is 24.1. The maximum Gasteiger partial charge on any atom is 0.307 e. The summed E-state index contributed by atoms with van der Waals surface area (Å²) in [6, 6.07) is 14.9. The predicted octanol–water partition coefficient (Wildman–Crippen LogP) is 2.58. The van der Waals surface area contributed by atoms with Crippen molar-refractivity contribution >= 4 is 11.9 Å². The SMILES string of the molecule is COC(=O)C[C@H](NC(=O)Cc1ccc2c(c1)CCO2)c1ccccc1. The van der Waals surface area contributed by atoms with Gasteiger partial charge >= 0.3 is 5.97 Å². The van der Waals surface area contributed by atoms with Crippen molar-refractivity contribution in [2.75, 3.05) is 13.7 Å². The number of hydrogen-bond acceptors (Lipinski definition) is 4. The zero-order valence-corrected chi connectivity index (χ0v) is 14.2. The molecule has 130 valence electrons. The highest BCUT2D eigenvalue weighted by Crippen LogP contribution is 2.26. The lowest BCUT2D eigenvalue weighted by Crippen LogP contribution is -2.31. The van der Waals surface area contributed by atoms with Gasteiger partial charge in [-0.1, -0.05) is 42.5 Å². The summed E-state index contributed by atoms with van der Waals surface area (Å²) in [6.07, 6.45) is 1.24. The summed E-state index contributed by atoms with van der Waals surface area (Å²) < 4.78 is 10.2. The van der Waals surface area contributed by atoms with E-state index in [9.17, 15) is 9.59 Å². The fourth-order valence-electron chi connectivity index (χ4n) is 2.97. The maximum absolute atomic E-state index is 12.5. The largest absolute Gasteiger partial charge is 0.493 e. The Morgan fingerprint density at radius 2 is 2.00 bits per heavy atom. The van der Waals surface area contributed by atoms with Crippen molar-refractivity contribution in [3.05, 3.63) is 65.2 Å². The van der Waals surface area contributed by atoms with Gasteiger partial charge in [-0.05, 0) is 22.8 Å². The smallest absolute Gasteiger partial charge is 0.307 e. The number of amides is 1. The van der Waals surface area contributed by atoms with Crippen LogP contribution in [0.4, 0.5) is 0 Å². The summed E-state index contributed by atoms with van der Waals surface area (Å²) in [5.41, 5.74) is 2.95. The first kappa shape index (κ1) is 17.0. The van der Waals surface area contributed by atoms with E-state index >= 15 is 0 Å². The van der Waals surface area contributed by atoms with E-state index in [4.69, 9.17) is 9.47 Å². The molecule has 0 aromatic heterocycles. The van der Waals surface area contributed by atoms with Gasteiger partial charge in [0.2, 0.25) is 5.91 Å². The van der Waals surface area contributed by atoms with E-state index in [-0.39, 0.29) is 24.7 Å². The first-order valence-corrected chi connectivity index (χ1v) is 8.31. The van der Waals surface area contributed by atoms with E-state index in [1.165, 1.54) is 7.11 Å². The molecule has 1 aliphatic heterocycles. The summed E-state index contributed by atoms with van der Waals surface area (Å²) in [5.74, 6) is 0.414. The number of fused-ring (bicyclic) bond motifs is 1. The third-order valence-corrected chi connectivity index (χ3v) is 4.25. The molecule has 1 aliphatic rings. The van der Waals surface area contributed by atoms with Gasteiger partial charge in [0.25, 0.3) is 0 Å². The quantitative estimate of drug-likeness (QED) is 0.822. The molecule has 1 atom stereocenters. The molecule has 0 saturated heterocycles. The Kier molecular flexibility index (Phi) is 5.33. The molecule has 0 bridgehead atoms. The molecule has 1 heterocycles. The Morgan fingerprint density at radius 3 is 2.76 bits per heavy atom. The fraction of sp³-hybridized carbons (Fsp3) is 0.300. The molecule has 5 nitrogen and oxygen atoms in total. The summed E-state index contributed by atoms with van der Waals surface area (Å²) in [5, 5.41) is 2.94. The van der Waals surface area contributed by atoms with E-state index in [1.54, 1.807) is 0 Å². The van der Waals surface area contributed by atoms with E-state index in [2.05, 4.69) is 5.32 Å². The Balaban J connectivity index is 1.68. The number of nitrogens with one attached hydrogen (secondary N) is 1. The topological polar surface area (TPSA) is 64.6 Å². The van der Waals surface area contributed by atoms with Crippen LogP contribution in [0, 0.1) is 0 Å². The van der Waals surface area contributed by atoms with Gasteiger partial charge in [0, 0.05) is 6.42 Å². The van der Waals surface area contributed by atoms with E-state index < -0.39 is 6.04 Å². The van der Waals surface area contributed by atoms with Crippen LogP contribution in [0.2, 0.25) is 0 Å². The van der Waals surface area contributed by atoms with Crippen LogP contribution in [-0.4, -0.2) is 25.6 Å². The average Bonchev–Trinajstić information content (AvgIpc) is 3.09. The number of carbonyl (C=O) groups excluding carboxylic acids is 2. The van der Waals surface area contributed by atoms with Crippen LogP contribution in [0.5, 0.6) is 5.75 Å². The van der Waals surface area contributed by atoms with Crippen LogP contribution in [-0.2, 0) is 27.2 Å². The number of benzene rings is 2. The molecule has 3 rings (SSSR count). The molecule has 0 saturated carbocycles. The highest BCUT2D eigenvalue weighted by Gasteiger charge is 2.19. The van der Waals surface area contributed by atoms with Crippen molar-refractivity contribution in [2.24, 2.45) is 0 Å². The van der Waals surface area contributed by atoms with Crippen molar-refractivity contribution in [1.29, 1.82) is 0 Å². The Morgan fingerprint density at radius 1 is 1.20 bits per heavy atom. The van der Waals surface area contributed by atoms with Crippen LogP contribution in [0.25, 0.3) is 0 Å². The van der Waals surface area contributed by atoms with Gasteiger partial charge in [0.15, 0.2) is 0 Å². The van der Waals surface area contributed by atoms with Gasteiger partial charge in [-0.2, -0.15) is 0 Å². The van der Waals surface area contributed by atoms with Crippen LogP contribution in [0.1, 0.15) is 29.2 Å². The number of rotatable bonds is 6. The Labute approximate surface area is 147 Å². The molecular weight excluding hydrogens is 318 g/mol. The number of hydrogen-bond donors (Lipinski definition) is 1. The molecule has 25 heavy (non-hydrogen) atoms. The molecule has 1 N–H and O–H groups in total. The van der Waals surface area contributed by atoms with Crippen molar-refractivity contribution in [3.8, 4) is 5.75 Å². The number of methoxy groups -OCH3 is 1. The minimum absolute atomic E-state index is 0.101. The Bertz CT molecular complexity index is 758. The van der Waals surface area contributed by atoms with Crippen LogP contribution in [0.3, 0.4) is 0 Å². The molecule has 0 aliphatic carbocycles. The predicted molar refractivity (Wildman–Crippen MR) is 93.3 cm³/mol. The normalized spacial score (nSPS) is 13.5. The molecule has 1 amide bonds. The van der Waals surface area contributed by atoms with Crippen LogP contribution < -0.4 is 10.1 Å². The standard InChI is InChI=1S/C20H21NO4/c1-24-20(23)13-17(15-5-3-2-4-6-15)21-19(22)12-14-7-8-18-16(11-14)9-10-25-18/h2-8,11,17H,9-10,12-13H2,1H3,(H,21,22)/t17-/m0/s1. The van der Waals surface area contributed by atoms with E-state index in [1.807, 2.05) is 48.5 Å². The third kappa shape index (κ3) is 4.38. The first-order valence-electron chi connectivity index (χ1n) is 8.31. The first-order chi connectivity index (χ1) is 12.2. The van der Waals surface area contributed by atoms with Crippen LogP contribution in [0.15, 0.2) is 48.5 Å². The second-order valence-corrected chi connectivity index (χ2v) is 6.03. The molecular formula is C20H21NO4. The lowest BCUT2D eigenvalue weighted by Gasteiger charge is -2.18. The lowest BCUT2D eigenvalue weighted by atomic mass is 10.0. The van der Waals surface area contributed by atoms with Gasteiger partial charge in [-0.15, -0.1) is 0 Å². The molecule has 2 aromatic rings. The molecule has 0 radical (unpaired) electrons. The minimum atomic E-state index is -0.404. The second-order valence-electron chi connectivity index (χ2n) is 6.03. The number of ether oxygens (including phenoxy) is 2. The van der Waals surface area contributed by atoms with E-state index in [0.717, 1.165) is 28.9 Å². The Hall–Kier alpha value is -2.82. The molecule has 0 spiro atoms. The monoisotopic (exact) mass is 339 g/mol. The average molecular weight is 339 g/mol. The van der Waals surface area contributed by atoms with Crippen molar-refractivity contribution in [1.82, 2.24) is 5.32 Å². The van der Waals surface area contributed by atoms with Crippen molar-refractivity contribution in [2.45, 2.75) is 25.3 Å². The molecule has 0 fully saturated rings. The number of esters is 1. The van der Waals surface area contributed by atoms with Gasteiger partial charge in [0.05, 0.1) is 32.6 Å². The minimum Gasteiger partial charge on any atom is -0.493 e. The molecule has 2 aromatic carbocycles. The molecule has 5 heteroatoms. The van der Waals surface area contributed by atoms with Crippen LogP contribution >= 0.6 is 0 Å². The molecule has 0 unspecified atom stereocenters. The summed E-state index contributed by atoms with van der Waals surface area (Å²) in [6.45, 7) is 0.695. The lowest BCUT2D eigenvalue weighted by molar-refractivity contribution is -0.141. The van der Waals surface area contributed by atoms with Gasteiger partial charge in [-0.25, -0.2) is 0 Å².